The second-order valence-corrected chi connectivity index (χ2v) is 5.15. The lowest BCUT2D eigenvalue weighted by molar-refractivity contribution is 0.253. The number of ether oxygens (including phenoxy) is 1. The van der Waals surface area contributed by atoms with Gasteiger partial charge in [-0.15, -0.1) is 0 Å². The quantitative estimate of drug-likeness (QED) is 0.885. The Kier molecular flexibility index (Phi) is 3.44. The zero-order valence-electron chi connectivity index (χ0n) is 11.4. The van der Waals surface area contributed by atoms with Gasteiger partial charge in [0, 0.05) is 29.7 Å². The third kappa shape index (κ3) is 2.22. The number of hydrogen-bond acceptors (Lipinski definition) is 3. The molecule has 0 saturated carbocycles. The standard InChI is InChI=1S/C15H21N3O/c1-19-11-4-5-14-12(8-11)13(10-17-14)15(9-16)18-6-2-3-7-18/h4-5,8,10,15,17H,2-3,6-7,9,16H2,1H3. The maximum Gasteiger partial charge on any atom is 0.119 e. The largest absolute Gasteiger partial charge is 0.497 e. The lowest BCUT2D eigenvalue weighted by Crippen LogP contribution is -2.31. The summed E-state index contributed by atoms with van der Waals surface area (Å²) in [7, 11) is 1.70. The zero-order valence-corrected chi connectivity index (χ0v) is 11.4. The van der Waals surface area contributed by atoms with Crippen LogP contribution in [-0.4, -0.2) is 36.6 Å². The van der Waals surface area contributed by atoms with Crippen LogP contribution in [0.1, 0.15) is 24.4 Å². The van der Waals surface area contributed by atoms with Gasteiger partial charge in [-0.3, -0.25) is 4.90 Å². The van der Waals surface area contributed by atoms with Gasteiger partial charge in [0.1, 0.15) is 5.75 Å². The highest BCUT2D eigenvalue weighted by atomic mass is 16.5. The molecule has 0 spiro atoms. The molecule has 1 aromatic heterocycles. The summed E-state index contributed by atoms with van der Waals surface area (Å²) in [5, 5.41) is 1.22. The monoisotopic (exact) mass is 259 g/mol. The summed E-state index contributed by atoms with van der Waals surface area (Å²) < 4.78 is 5.33. The number of benzene rings is 1. The summed E-state index contributed by atoms with van der Waals surface area (Å²) >= 11 is 0. The molecule has 1 fully saturated rings. The van der Waals surface area contributed by atoms with E-state index in [1.54, 1.807) is 7.11 Å². The summed E-state index contributed by atoms with van der Waals surface area (Å²) in [6.45, 7) is 2.96. The van der Waals surface area contributed by atoms with Crippen molar-refractivity contribution in [2.24, 2.45) is 5.73 Å². The predicted molar refractivity (Wildman–Crippen MR) is 77.5 cm³/mol. The Morgan fingerprint density at radius 2 is 2.16 bits per heavy atom. The molecule has 4 heteroatoms. The number of nitrogens with zero attached hydrogens (tertiary/aromatic N) is 1. The second kappa shape index (κ2) is 5.23. The van der Waals surface area contributed by atoms with Gasteiger partial charge in [0.2, 0.25) is 0 Å². The fraction of sp³-hybridized carbons (Fsp3) is 0.467. The number of H-pyrrole nitrogens is 1. The van der Waals surface area contributed by atoms with E-state index in [1.165, 1.54) is 23.8 Å². The van der Waals surface area contributed by atoms with Crippen molar-refractivity contribution in [3.8, 4) is 5.75 Å². The maximum absolute atomic E-state index is 6.02. The number of likely N-dealkylation sites (tertiary alicyclic amines) is 1. The first-order valence-corrected chi connectivity index (χ1v) is 6.92. The first-order chi connectivity index (χ1) is 9.33. The number of fused-ring (bicyclic) bond motifs is 1. The minimum atomic E-state index is 0.309. The first kappa shape index (κ1) is 12.5. The van der Waals surface area contributed by atoms with Crippen LogP contribution in [0.15, 0.2) is 24.4 Å². The molecule has 3 rings (SSSR count). The minimum Gasteiger partial charge on any atom is -0.497 e. The van der Waals surface area contributed by atoms with Crippen LogP contribution in [-0.2, 0) is 0 Å². The summed E-state index contributed by atoms with van der Waals surface area (Å²) in [6.07, 6.45) is 4.66. The average molecular weight is 259 g/mol. The van der Waals surface area contributed by atoms with Crippen molar-refractivity contribution in [3.05, 3.63) is 30.0 Å². The van der Waals surface area contributed by atoms with E-state index < -0.39 is 0 Å². The molecular weight excluding hydrogens is 238 g/mol. The third-order valence-electron chi connectivity index (χ3n) is 4.08. The molecular formula is C15H21N3O. The van der Waals surface area contributed by atoms with E-state index >= 15 is 0 Å². The molecule has 1 atom stereocenters. The number of nitrogens with one attached hydrogen (secondary N) is 1. The number of aromatic amines is 1. The molecule has 1 aliphatic rings. The first-order valence-electron chi connectivity index (χ1n) is 6.92. The van der Waals surface area contributed by atoms with Crippen LogP contribution >= 0.6 is 0 Å². The maximum atomic E-state index is 6.02. The smallest absolute Gasteiger partial charge is 0.119 e. The Bertz CT molecular complexity index is 558. The Morgan fingerprint density at radius 1 is 1.37 bits per heavy atom. The number of rotatable bonds is 4. The van der Waals surface area contributed by atoms with Gasteiger partial charge in [-0.2, -0.15) is 0 Å². The molecule has 2 aromatic rings. The Balaban J connectivity index is 2.02. The number of nitrogens with two attached hydrogens (primary N) is 1. The topological polar surface area (TPSA) is 54.3 Å². The second-order valence-electron chi connectivity index (χ2n) is 5.15. The van der Waals surface area contributed by atoms with Crippen molar-refractivity contribution in [2.45, 2.75) is 18.9 Å². The van der Waals surface area contributed by atoms with E-state index in [-0.39, 0.29) is 0 Å². The summed E-state index contributed by atoms with van der Waals surface area (Å²) in [5.74, 6) is 0.894. The van der Waals surface area contributed by atoms with Crippen LogP contribution in [0.5, 0.6) is 5.75 Å². The fourth-order valence-corrected chi connectivity index (χ4v) is 3.05. The fourth-order valence-electron chi connectivity index (χ4n) is 3.05. The van der Waals surface area contributed by atoms with Crippen molar-refractivity contribution < 1.29 is 4.74 Å². The molecule has 0 bridgehead atoms. The summed E-state index contributed by atoms with van der Waals surface area (Å²) in [4.78, 5) is 5.83. The van der Waals surface area contributed by atoms with Gasteiger partial charge < -0.3 is 15.5 Å². The lowest BCUT2D eigenvalue weighted by atomic mass is 10.0. The minimum absolute atomic E-state index is 0.309. The van der Waals surface area contributed by atoms with Crippen LogP contribution in [0.2, 0.25) is 0 Å². The van der Waals surface area contributed by atoms with Gasteiger partial charge >= 0.3 is 0 Å². The molecule has 4 nitrogen and oxygen atoms in total. The van der Waals surface area contributed by atoms with Gasteiger partial charge in [0.25, 0.3) is 0 Å². The zero-order chi connectivity index (χ0) is 13.2. The van der Waals surface area contributed by atoms with E-state index in [1.807, 2.05) is 6.07 Å². The molecule has 1 aliphatic heterocycles. The molecule has 1 unspecified atom stereocenters. The van der Waals surface area contributed by atoms with Crippen LogP contribution in [0.3, 0.4) is 0 Å². The average Bonchev–Trinajstić information content (AvgIpc) is 3.09. The Morgan fingerprint density at radius 3 is 2.84 bits per heavy atom. The molecule has 1 aromatic carbocycles. The molecule has 2 heterocycles. The van der Waals surface area contributed by atoms with Gasteiger partial charge in [0.05, 0.1) is 7.11 Å². The molecule has 1 saturated heterocycles. The molecule has 0 radical (unpaired) electrons. The van der Waals surface area contributed by atoms with Crippen LogP contribution in [0, 0.1) is 0 Å². The van der Waals surface area contributed by atoms with E-state index in [0.717, 1.165) is 24.4 Å². The van der Waals surface area contributed by atoms with Crippen molar-refractivity contribution in [1.29, 1.82) is 0 Å². The molecule has 19 heavy (non-hydrogen) atoms. The summed E-state index contributed by atoms with van der Waals surface area (Å²) in [5.41, 5.74) is 8.46. The highest BCUT2D eigenvalue weighted by Crippen LogP contribution is 2.31. The van der Waals surface area contributed by atoms with Crippen molar-refractivity contribution in [3.63, 3.8) is 0 Å². The van der Waals surface area contributed by atoms with Gasteiger partial charge in [-0.05, 0) is 49.7 Å². The normalized spacial score (nSPS) is 18.0. The van der Waals surface area contributed by atoms with Gasteiger partial charge in [0.15, 0.2) is 0 Å². The molecule has 3 N–H and O–H groups in total. The Hall–Kier alpha value is -1.52. The van der Waals surface area contributed by atoms with Crippen molar-refractivity contribution in [1.82, 2.24) is 9.88 Å². The molecule has 102 valence electrons. The van der Waals surface area contributed by atoms with Gasteiger partial charge in [-0.25, -0.2) is 0 Å². The van der Waals surface area contributed by atoms with E-state index in [9.17, 15) is 0 Å². The lowest BCUT2D eigenvalue weighted by Gasteiger charge is -2.26. The highest BCUT2D eigenvalue weighted by molar-refractivity contribution is 5.85. The molecule has 0 aliphatic carbocycles. The van der Waals surface area contributed by atoms with E-state index in [4.69, 9.17) is 10.5 Å². The summed E-state index contributed by atoms with van der Waals surface area (Å²) in [6, 6.07) is 6.45. The van der Waals surface area contributed by atoms with Gasteiger partial charge in [-0.1, -0.05) is 0 Å². The van der Waals surface area contributed by atoms with Crippen LogP contribution in [0.25, 0.3) is 10.9 Å². The van der Waals surface area contributed by atoms with Crippen molar-refractivity contribution in [2.75, 3.05) is 26.7 Å². The van der Waals surface area contributed by atoms with Crippen LogP contribution < -0.4 is 10.5 Å². The SMILES string of the molecule is COc1ccc2[nH]cc(C(CN)N3CCCC3)c2c1. The highest BCUT2D eigenvalue weighted by Gasteiger charge is 2.24. The van der Waals surface area contributed by atoms with Crippen LogP contribution in [0.4, 0.5) is 0 Å². The number of aromatic nitrogens is 1. The third-order valence-corrected chi connectivity index (χ3v) is 4.08. The van der Waals surface area contributed by atoms with E-state index in [0.29, 0.717) is 12.6 Å². The predicted octanol–water partition coefficient (Wildman–Crippen LogP) is 2.27. The Labute approximate surface area is 113 Å². The van der Waals surface area contributed by atoms with E-state index in [2.05, 4.69) is 28.2 Å². The molecule has 0 amide bonds. The number of methoxy groups -OCH3 is 1. The number of hydrogen-bond donors (Lipinski definition) is 2. The van der Waals surface area contributed by atoms with Crippen molar-refractivity contribution >= 4 is 10.9 Å².